The number of halogens is 5. The van der Waals surface area contributed by atoms with Gasteiger partial charge in [-0.2, -0.15) is 18.3 Å². The quantitative estimate of drug-likeness (QED) is 0.835. The summed E-state index contributed by atoms with van der Waals surface area (Å²) in [4.78, 5) is 0. The molecule has 2 aliphatic rings. The zero-order valence-electron chi connectivity index (χ0n) is 13.2. The van der Waals surface area contributed by atoms with Crippen molar-refractivity contribution in [2.45, 2.75) is 31.0 Å². The number of aromatic nitrogens is 2. The zero-order chi connectivity index (χ0) is 17.9. The van der Waals surface area contributed by atoms with Crippen molar-refractivity contribution in [3.8, 4) is 0 Å². The average molecular weight is 390 g/mol. The number of rotatable bonds is 3. The van der Waals surface area contributed by atoms with E-state index in [4.69, 9.17) is 23.2 Å². The highest BCUT2D eigenvalue weighted by Gasteiger charge is 2.68. The van der Waals surface area contributed by atoms with Crippen LogP contribution in [-0.2, 0) is 18.1 Å². The van der Waals surface area contributed by atoms with Gasteiger partial charge in [0.05, 0.1) is 10.0 Å². The van der Waals surface area contributed by atoms with Crippen LogP contribution in [0.1, 0.15) is 24.1 Å². The molecule has 2 atom stereocenters. The van der Waals surface area contributed by atoms with E-state index in [0.717, 1.165) is 37.6 Å². The molecule has 0 bridgehead atoms. The predicted octanol–water partition coefficient (Wildman–Crippen LogP) is 4.53. The van der Waals surface area contributed by atoms with Crippen molar-refractivity contribution in [2.75, 3.05) is 13.1 Å². The normalized spacial score (nSPS) is 28.7. The molecule has 134 valence electrons. The lowest BCUT2D eigenvalue weighted by Gasteiger charge is -2.32. The lowest BCUT2D eigenvalue weighted by molar-refractivity contribution is -0.141. The molecule has 1 saturated heterocycles. The van der Waals surface area contributed by atoms with Crippen LogP contribution < -0.4 is 5.32 Å². The first-order chi connectivity index (χ1) is 11.8. The van der Waals surface area contributed by atoms with Crippen molar-refractivity contribution in [1.29, 1.82) is 0 Å². The topological polar surface area (TPSA) is 29.9 Å². The molecule has 1 aliphatic heterocycles. The summed E-state index contributed by atoms with van der Waals surface area (Å²) < 4.78 is 39.8. The Balaban J connectivity index is 1.64. The third kappa shape index (κ3) is 2.75. The monoisotopic (exact) mass is 389 g/mol. The Bertz CT molecular complexity index is 820. The summed E-state index contributed by atoms with van der Waals surface area (Å²) in [6.45, 7) is 2.06. The van der Waals surface area contributed by atoms with Crippen LogP contribution in [0.2, 0.25) is 10.0 Å². The predicted molar refractivity (Wildman–Crippen MR) is 89.9 cm³/mol. The molecule has 8 heteroatoms. The van der Waals surface area contributed by atoms with Crippen molar-refractivity contribution in [3.63, 3.8) is 0 Å². The highest BCUT2D eigenvalue weighted by Crippen LogP contribution is 2.68. The number of piperidine rings is 1. The standard InChI is InChI=1S/C17H16Cl2F3N3/c18-12-2-1-11(7-13(12)19)16-4-5-23-9-15(16,8-16)10-25-6-3-14(24-25)17(20,21)22/h1-3,6-7,23H,4-5,8-10H2. The van der Waals surface area contributed by atoms with Crippen LogP contribution in [0.5, 0.6) is 0 Å². The summed E-state index contributed by atoms with van der Waals surface area (Å²) in [5, 5.41) is 8.10. The van der Waals surface area contributed by atoms with Gasteiger partial charge in [0.25, 0.3) is 0 Å². The maximum Gasteiger partial charge on any atom is 0.435 e. The van der Waals surface area contributed by atoms with Crippen molar-refractivity contribution in [1.82, 2.24) is 15.1 Å². The Morgan fingerprint density at radius 3 is 2.68 bits per heavy atom. The van der Waals surface area contributed by atoms with Gasteiger partial charge in [0.15, 0.2) is 5.69 Å². The van der Waals surface area contributed by atoms with E-state index in [1.54, 1.807) is 6.07 Å². The van der Waals surface area contributed by atoms with Gasteiger partial charge in [-0.1, -0.05) is 29.3 Å². The highest BCUT2D eigenvalue weighted by molar-refractivity contribution is 6.42. The van der Waals surface area contributed by atoms with Crippen LogP contribution in [0.25, 0.3) is 0 Å². The number of benzene rings is 1. The number of nitrogens with zero attached hydrogens (tertiary/aromatic N) is 2. The van der Waals surface area contributed by atoms with E-state index in [0.29, 0.717) is 16.6 Å². The van der Waals surface area contributed by atoms with Crippen molar-refractivity contribution in [3.05, 3.63) is 51.8 Å². The van der Waals surface area contributed by atoms with E-state index >= 15 is 0 Å². The molecule has 2 aromatic rings. The van der Waals surface area contributed by atoms with Gasteiger partial charge in [-0.25, -0.2) is 0 Å². The second kappa shape index (κ2) is 5.63. The molecule has 0 radical (unpaired) electrons. The molecule has 1 N–H and O–H groups in total. The van der Waals surface area contributed by atoms with Crippen LogP contribution >= 0.6 is 23.2 Å². The Morgan fingerprint density at radius 2 is 2.00 bits per heavy atom. The lowest BCUT2D eigenvalue weighted by atomic mass is 9.81. The molecule has 3 nitrogen and oxygen atoms in total. The smallest absolute Gasteiger partial charge is 0.316 e. The molecule has 2 unspecified atom stereocenters. The van der Waals surface area contributed by atoms with Gasteiger partial charge < -0.3 is 5.32 Å². The minimum Gasteiger partial charge on any atom is -0.316 e. The van der Waals surface area contributed by atoms with Crippen LogP contribution in [0, 0.1) is 5.41 Å². The summed E-state index contributed by atoms with van der Waals surface area (Å²) in [7, 11) is 0. The van der Waals surface area contributed by atoms with E-state index in [1.165, 1.54) is 10.9 Å². The number of hydrogen-bond acceptors (Lipinski definition) is 2. The first-order valence-electron chi connectivity index (χ1n) is 8.03. The Labute approximate surface area is 153 Å². The van der Waals surface area contributed by atoms with Crippen LogP contribution in [0.15, 0.2) is 30.5 Å². The van der Waals surface area contributed by atoms with Crippen LogP contribution in [-0.4, -0.2) is 22.9 Å². The molecule has 0 spiro atoms. The van der Waals surface area contributed by atoms with E-state index in [2.05, 4.69) is 10.4 Å². The van der Waals surface area contributed by atoms with Gasteiger partial charge in [0.2, 0.25) is 0 Å². The number of nitrogens with one attached hydrogen (secondary N) is 1. The molecule has 4 rings (SSSR count). The molecule has 1 aromatic heterocycles. The highest BCUT2D eigenvalue weighted by atomic mass is 35.5. The van der Waals surface area contributed by atoms with Gasteiger partial charge >= 0.3 is 6.18 Å². The van der Waals surface area contributed by atoms with Gasteiger partial charge in [0, 0.05) is 30.1 Å². The van der Waals surface area contributed by atoms with Gasteiger partial charge in [-0.15, -0.1) is 0 Å². The SMILES string of the molecule is FC(F)(F)c1ccn(CC23CNCCC2(c2ccc(Cl)c(Cl)c2)C3)n1. The van der Waals surface area contributed by atoms with E-state index in [-0.39, 0.29) is 10.8 Å². The molecule has 1 aromatic carbocycles. The summed E-state index contributed by atoms with van der Waals surface area (Å²) >= 11 is 12.2. The molecular weight excluding hydrogens is 374 g/mol. The molecule has 0 amide bonds. The number of hydrogen-bond donors (Lipinski definition) is 1. The molecule has 2 fully saturated rings. The zero-order valence-corrected chi connectivity index (χ0v) is 14.7. The Hall–Kier alpha value is -1.24. The first-order valence-corrected chi connectivity index (χ1v) is 8.78. The number of alkyl halides is 3. The van der Waals surface area contributed by atoms with Gasteiger partial charge in [-0.3, -0.25) is 4.68 Å². The largest absolute Gasteiger partial charge is 0.435 e. The lowest BCUT2D eigenvalue weighted by Crippen LogP contribution is -2.41. The van der Waals surface area contributed by atoms with E-state index in [9.17, 15) is 13.2 Å². The summed E-state index contributed by atoms with van der Waals surface area (Å²) in [6.07, 6.45) is -1.20. The summed E-state index contributed by atoms with van der Waals surface area (Å²) in [5.41, 5.74) is 0.00811. The van der Waals surface area contributed by atoms with E-state index in [1.807, 2.05) is 12.1 Å². The maximum atomic E-state index is 12.8. The second-order valence-electron chi connectivity index (χ2n) is 6.99. The fourth-order valence-electron chi connectivity index (χ4n) is 4.27. The molecule has 1 aliphatic carbocycles. The van der Waals surface area contributed by atoms with Crippen molar-refractivity contribution < 1.29 is 13.2 Å². The molecule has 1 saturated carbocycles. The fourth-order valence-corrected chi connectivity index (χ4v) is 4.57. The molecular formula is C17H16Cl2F3N3. The van der Waals surface area contributed by atoms with Gasteiger partial charge in [-0.05, 0) is 43.1 Å². The van der Waals surface area contributed by atoms with Crippen molar-refractivity contribution in [2.24, 2.45) is 5.41 Å². The number of fused-ring (bicyclic) bond motifs is 1. The molecule has 2 heterocycles. The second-order valence-corrected chi connectivity index (χ2v) is 7.81. The summed E-state index contributed by atoms with van der Waals surface area (Å²) in [6, 6.07) is 6.68. The molecule has 25 heavy (non-hydrogen) atoms. The van der Waals surface area contributed by atoms with Gasteiger partial charge in [0.1, 0.15) is 0 Å². The first kappa shape index (κ1) is 17.2. The Kier molecular flexibility index (Phi) is 3.87. The maximum absolute atomic E-state index is 12.8. The Morgan fingerprint density at radius 1 is 1.20 bits per heavy atom. The minimum atomic E-state index is -4.42. The minimum absolute atomic E-state index is 0.0865. The third-order valence-corrected chi connectivity index (χ3v) is 6.33. The van der Waals surface area contributed by atoms with Crippen LogP contribution in [0.4, 0.5) is 13.2 Å². The summed E-state index contributed by atoms with van der Waals surface area (Å²) in [5.74, 6) is 0. The van der Waals surface area contributed by atoms with E-state index < -0.39 is 11.9 Å². The fraction of sp³-hybridized carbons (Fsp3) is 0.471. The third-order valence-electron chi connectivity index (χ3n) is 5.59. The van der Waals surface area contributed by atoms with Crippen LogP contribution in [0.3, 0.4) is 0 Å². The van der Waals surface area contributed by atoms with Crippen molar-refractivity contribution >= 4 is 23.2 Å². The average Bonchev–Trinajstić information content (AvgIpc) is 2.98.